The van der Waals surface area contributed by atoms with Crippen LogP contribution in [0.1, 0.15) is 93.9 Å². The monoisotopic (exact) mass is 454 g/mol. The molecule has 0 atom stereocenters. The quantitative estimate of drug-likeness (QED) is 0.235. The average molecular weight is 455 g/mol. The van der Waals surface area contributed by atoms with Gasteiger partial charge in [0.1, 0.15) is 5.82 Å². The molecule has 1 saturated carbocycles. The summed E-state index contributed by atoms with van der Waals surface area (Å²) < 4.78 is 15.1. The first-order valence-electron chi connectivity index (χ1n) is 13.5. The highest BCUT2D eigenvalue weighted by Crippen LogP contribution is 2.33. The van der Waals surface area contributed by atoms with Crippen molar-refractivity contribution in [1.82, 2.24) is 0 Å². The van der Waals surface area contributed by atoms with Gasteiger partial charge in [0, 0.05) is 10.9 Å². The third-order valence-corrected chi connectivity index (χ3v) is 7.77. The Labute approximate surface area is 206 Å². The lowest BCUT2D eigenvalue weighted by Crippen LogP contribution is -2.14. The van der Waals surface area contributed by atoms with Crippen molar-refractivity contribution < 1.29 is 4.39 Å². The molecule has 0 aliphatic heterocycles. The molecule has 1 heteroatoms. The molecule has 3 aromatic carbocycles. The Morgan fingerprint density at radius 1 is 0.765 bits per heavy atom. The summed E-state index contributed by atoms with van der Waals surface area (Å²) in [7, 11) is 0. The Morgan fingerprint density at radius 2 is 1.50 bits per heavy atom. The summed E-state index contributed by atoms with van der Waals surface area (Å²) >= 11 is 0. The normalized spacial score (nSPS) is 18.0. The molecule has 1 aliphatic rings. The third-order valence-electron chi connectivity index (χ3n) is 7.77. The van der Waals surface area contributed by atoms with Gasteiger partial charge < -0.3 is 0 Å². The minimum Gasteiger partial charge on any atom is -0.205 e. The molecule has 3 aromatic rings. The van der Waals surface area contributed by atoms with Crippen LogP contribution >= 0.6 is 0 Å². The van der Waals surface area contributed by atoms with Crippen LogP contribution in [0.15, 0.2) is 54.6 Å². The van der Waals surface area contributed by atoms with Crippen LogP contribution in [0.3, 0.4) is 0 Å². The molecule has 34 heavy (non-hydrogen) atoms. The topological polar surface area (TPSA) is 0 Å². The summed E-state index contributed by atoms with van der Waals surface area (Å²) in [5.74, 6) is 7.88. The SMILES string of the molecule is CCCCCc1ccc2c(F)c(C#Cc3ccc(CCC4CCC(CC)CC4)cc3)ccc2c1. The van der Waals surface area contributed by atoms with Crippen LogP contribution in [0.4, 0.5) is 4.39 Å². The van der Waals surface area contributed by atoms with E-state index >= 15 is 4.39 Å². The predicted octanol–water partition coefficient (Wildman–Crippen LogP) is 9.26. The summed E-state index contributed by atoms with van der Waals surface area (Å²) in [6.45, 7) is 4.54. The van der Waals surface area contributed by atoms with E-state index in [2.05, 4.69) is 62.1 Å². The van der Waals surface area contributed by atoms with Crippen molar-refractivity contribution in [2.45, 2.75) is 84.5 Å². The Kier molecular flexibility index (Phi) is 8.81. The maximum Gasteiger partial charge on any atom is 0.146 e. The van der Waals surface area contributed by atoms with E-state index in [4.69, 9.17) is 0 Å². The molecule has 4 rings (SSSR count). The van der Waals surface area contributed by atoms with Crippen LogP contribution in [0, 0.1) is 29.5 Å². The van der Waals surface area contributed by atoms with Crippen LogP contribution in [0.25, 0.3) is 10.8 Å². The molecule has 0 bridgehead atoms. The number of rotatable bonds is 8. The van der Waals surface area contributed by atoms with E-state index in [0.717, 1.165) is 35.6 Å². The van der Waals surface area contributed by atoms with E-state index in [1.807, 2.05) is 18.2 Å². The Bertz CT molecular complexity index is 1120. The summed E-state index contributed by atoms with van der Waals surface area (Å²) in [5, 5.41) is 1.62. The summed E-state index contributed by atoms with van der Waals surface area (Å²) in [6.07, 6.45) is 14.1. The van der Waals surface area contributed by atoms with E-state index in [1.54, 1.807) is 0 Å². The van der Waals surface area contributed by atoms with Crippen LogP contribution in [-0.4, -0.2) is 0 Å². The first kappa shape index (κ1) is 24.5. The van der Waals surface area contributed by atoms with E-state index in [1.165, 1.54) is 68.9 Å². The molecular formula is C33H39F. The van der Waals surface area contributed by atoms with Crippen LogP contribution in [0.5, 0.6) is 0 Å². The van der Waals surface area contributed by atoms with Gasteiger partial charge >= 0.3 is 0 Å². The molecule has 178 valence electrons. The maximum absolute atomic E-state index is 15.1. The predicted molar refractivity (Wildman–Crippen MR) is 144 cm³/mol. The summed E-state index contributed by atoms with van der Waals surface area (Å²) in [6, 6.07) is 18.5. The second-order valence-corrected chi connectivity index (χ2v) is 10.2. The van der Waals surface area contributed by atoms with Crippen molar-refractivity contribution in [2.24, 2.45) is 11.8 Å². The molecule has 1 aliphatic carbocycles. The highest BCUT2D eigenvalue weighted by atomic mass is 19.1. The lowest BCUT2D eigenvalue weighted by Gasteiger charge is -2.27. The number of aryl methyl sites for hydroxylation is 2. The van der Waals surface area contributed by atoms with Crippen molar-refractivity contribution in [3.63, 3.8) is 0 Å². The van der Waals surface area contributed by atoms with Gasteiger partial charge in [-0.1, -0.05) is 107 Å². The number of fused-ring (bicyclic) bond motifs is 1. The highest BCUT2D eigenvalue weighted by Gasteiger charge is 2.19. The van der Waals surface area contributed by atoms with Gasteiger partial charge in [0.15, 0.2) is 0 Å². The molecule has 1 fully saturated rings. The van der Waals surface area contributed by atoms with E-state index < -0.39 is 0 Å². The fourth-order valence-corrected chi connectivity index (χ4v) is 5.37. The molecule has 0 amide bonds. The molecule has 0 heterocycles. The fourth-order valence-electron chi connectivity index (χ4n) is 5.37. The van der Waals surface area contributed by atoms with Crippen LogP contribution < -0.4 is 0 Å². The first-order valence-corrected chi connectivity index (χ1v) is 13.5. The molecule has 0 aromatic heterocycles. The Morgan fingerprint density at radius 3 is 2.24 bits per heavy atom. The number of hydrogen-bond donors (Lipinski definition) is 0. The summed E-state index contributed by atoms with van der Waals surface area (Å²) in [4.78, 5) is 0. The molecule has 0 unspecified atom stereocenters. The van der Waals surface area contributed by atoms with Gasteiger partial charge in [-0.2, -0.15) is 0 Å². The molecule has 0 saturated heterocycles. The summed E-state index contributed by atoms with van der Waals surface area (Å²) in [5.41, 5.74) is 4.08. The smallest absolute Gasteiger partial charge is 0.146 e. The van der Waals surface area contributed by atoms with Gasteiger partial charge in [-0.25, -0.2) is 4.39 Å². The van der Waals surface area contributed by atoms with Gasteiger partial charge in [-0.05, 0) is 72.2 Å². The van der Waals surface area contributed by atoms with Gasteiger partial charge in [0.2, 0.25) is 0 Å². The van der Waals surface area contributed by atoms with Gasteiger partial charge in [-0.3, -0.25) is 0 Å². The average Bonchev–Trinajstić information content (AvgIpc) is 2.88. The van der Waals surface area contributed by atoms with Gasteiger partial charge in [0.05, 0.1) is 5.56 Å². The number of benzene rings is 3. The zero-order chi connectivity index (χ0) is 23.8. The van der Waals surface area contributed by atoms with Crippen LogP contribution in [-0.2, 0) is 12.8 Å². The first-order chi connectivity index (χ1) is 16.7. The number of unbranched alkanes of at least 4 members (excludes halogenated alkanes) is 2. The van der Waals surface area contributed by atoms with Gasteiger partial charge in [0.25, 0.3) is 0 Å². The third kappa shape index (κ3) is 6.50. The Balaban J connectivity index is 1.36. The number of hydrogen-bond acceptors (Lipinski definition) is 0. The zero-order valence-electron chi connectivity index (χ0n) is 21.0. The maximum atomic E-state index is 15.1. The standard InChI is InChI=1S/C33H39F/c1-3-5-6-7-29-19-23-32-31(24-29)22-21-30(33(32)34)20-18-28-16-14-27(15-17-28)13-12-26-10-8-25(4-2)9-11-26/h14-17,19,21-26H,3-13H2,1-2H3. The molecule has 0 spiro atoms. The fraction of sp³-hybridized carbons (Fsp3) is 0.455. The number of halogens is 1. The zero-order valence-corrected chi connectivity index (χ0v) is 21.0. The van der Waals surface area contributed by atoms with Crippen molar-refractivity contribution in [1.29, 1.82) is 0 Å². The van der Waals surface area contributed by atoms with E-state index in [-0.39, 0.29) is 5.82 Å². The lowest BCUT2D eigenvalue weighted by atomic mass is 9.78. The molecule has 0 radical (unpaired) electrons. The second kappa shape index (κ2) is 12.2. The molecule has 0 nitrogen and oxygen atoms in total. The Hall–Kier alpha value is -2.59. The van der Waals surface area contributed by atoms with E-state index in [0.29, 0.717) is 10.9 Å². The second-order valence-electron chi connectivity index (χ2n) is 10.2. The lowest BCUT2D eigenvalue weighted by molar-refractivity contribution is 0.259. The minimum atomic E-state index is -0.209. The van der Waals surface area contributed by atoms with Crippen molar-refractivity contribution in [3.8, 4) is 11.8 Å². The van der Waals surface area contributed by atoms with Crippen molar-refractivity contribution >= 4 is 10.8 Å². The highest BCUT2D eigenvalue weighted by molar-refractivity contribution is 5.85. The van der Waals surface area contributed by atoms with Crippen LogP contribution in [0.2, 0.25) is 0 Å². The van der Waals surface area contributed by atoms with E-state index in [9.17, 15) is 0 Å². The van der Waals surface area contributed by atoms with Crippen molar-refractivity contribution in [2.75, 3.05) is 0 Å². The minimum absolute atomic E-state index is 0.209. The van der Waals surface area contributed by atoms with Gasteiger partial charge in [-0.15, -0.1) is 0 Å². The largest absolute Gasteiger partial charge is 0.205 e. The van der Waals surface area contributed by atoms with Crippen molar-refractivity contribution in [3.05, 3.63) is 82.7 Å². The molecule has 0 N–H and O–H groups in total. The molecular weight excluding hydrogens is 415 g/mol.